The molecule has 0 radical (unpaired) electrons. The maximum absolute atomic E-state index is 8.25. The number of nitriles is 1. The van der Waals surface area contributed by atoms with Crippen LogP contribution in [0.5, 0.6) is 0 Å². The van der Waals surface area contributed by atoms with E-state index in [-0.39, 0.29) is 0 Å². The van der Waals surface area contributed by atoms with Crippen LogP contribution in [-0.4, -0.2) is 4.37 Å². The standard InChI is InChI=1S/C5H4N2S2/c1-4-2-7-9-5(4)8-3-6/h2H,1H3. The van der Waals surface area contributed by atoms with Gasteiger partial charge in [0.2, 0.25) is 0 Å². The van der Waals surface area contributed by atoms with E-state index >= 15 is 0 Å². The zero-order chi connectivity index (χ0) is 6.69. The number of thiocyanates is 1. The fourth-order valence-corrected chi connectivity index (χ4v) is 1.61. The molecule has 4 heteroatoms. The Hall–Kier alpha value is -0.530. The molecule has 0 aliphatic heterocycles. The van der Waals surface area contributed by atoms with Crippen LogP contribution in [0.2, 0.25) is 0 Å². The molecule has 0 saturated carbocycles. The van der Waals surface area contributed by atoms with E-state index in [1.165, 1.54) is 23.3 Å². The van der Waals surface area contributed by atoms with E-state index in [1.54, 1.807) is 6.20 Å². The van der Waals surface area contributed by atoms with Crippen LogP contribution in [0.25, 0.3) is 0 Å². The zero-order valence-electron chi connectivity index (χ0n) is 4.79. The number of aryl methyl sites for hydroxylation is 1. The van der Waals surface area contributed by atoms with Gasteiger partial charge < -0.3 is 0 Å². The van der Waals surface area contributed by atoms with Gasteiger partial charge in [0.25, 0.3) is 0 Å². The second-order valence-electron chi connectivity index (χ2n) is 1.49. The summed E-state index contributed by atoms with van der Waals surface area (Å²) in [5, 5.41) is 10.3. The highest BCUT2D eigenvalue weighted by molar-refractivity contribution is 8.05. The van der Waals surface area contributed by atoms with Crippen LogP contribution in [-0.2, 0) is 0 Å². The van der Waals surface area contributed by atoms with Gasteiger partial charge in [0, 0.05) is 18.0 Å². The number of hydrogen-bond acceptors (Lipinski definition) is 4. The molecule has 0 aliphatic carbocycles. The van der Waals surface area contributed by atoms with E-state index in [9.17, 15) is 0 Å². The second kappa shape index (κ2) is 2.85. The van der Waals surface area contributed by atoms with Crippen molar-refractivity contribution < 1.29 is 0 Å². The van der Waals surface area contributed by atoms with E-state index in [2.05, 4.69) is 4.37 Å². The molecule has 0 N–H and O–H groups in total. The van der Waals surface area contributed by atoms with E-state index in [1.807, 2.05) is 12.3 Å². The predicted octanol–water partition coefficient (Wildman–Crippen LogP) is 2.02. The van der Waals surface area contributed by atoms with Gasteiger partial charge in [-0.25, -0.2) is 0 Å². The third kappa shape index (κ3) is 1.44. The van der Waals surface area contributed by atoms with Crippen LogP contribution in [0.1, 0.15) is 5.56 Å². The van der Waals surface area contributed by atoms with Gasteiger partial charge in [-0.3, -0.25) is 0 Å². The Morgan fingerprint density at radius 1 is 1.89 bits per heavy atom. The number of aromatic nitrogens is 1. The highest BCUT2D eigenvalue weighted by Gasteiger charge is 1.98. The highest BCUT2D eigenvalue weighted by atomic mass is 32.2. The molecule has 1 rings (SSSR count). The van der Waals surface area contributed by atoms with E-state index in [0.29, 0.717) is 0 Å². The first-order chi connectivity index (χ1) is 4.34. The fourth-order valence-electron chi connectivity index (χ4n) is 0.419. The summed E-state index contributed by atoms with van der Waals surface area (Å²) in [6.45, 7) is 1.95. The summed E-state index contributed by atoms with van der Waals surface area (Å²) < 4.78 is 4.91. The minimum atomic E-state index is 0.998. The third-order valence-corrected chi connectivity index (χ3v) is 2.61. The molecule has 1 aromatic rings. The molecule has 0 unspecified atom stereocenters. The number of hydrogen-bond donors (Lipinski definition) is 0. The molecule has 9 heavy (non-hydrogen) atoms. The molecule has 0 aliphatic rings. The summed E-state index contributed by atoms with van der Waals surface area (Å²) in [6.07, 6.45) is 1.77. The molecule has 0 atom stereocenters. The minimum Gasteiger partial charge on any atom is -0.200 e. The molecule has 0 saturated heterocycles. The molecular weight excluding hydrogens is 152 g/mol. The smallest absolute Gasteiger partial charge is 0.139 e. The first kappa shape index (κ1) is 6.59. The van der Waals surface area contributed by atoms with Crippen LogP contribution in [0.4, 0.5) is 0 Å². The van der Waals surface area contributed by atoms with Crippen LogP contribution >= 0.6 is 23.3 Å². The van der Waals surface area contributed by atoms with Crippen molar-refractivity contribution in [2.24, 2.45) is 0 Å². The lowest BCUT2D eigenvalue weighted by atomic mass is 10.4. The second-order valence-corrected chi connectivity index (χ2v) is 3.34. The van der Waals surface area contributed by atoms with Crippen molar-refractivity contribution >= 4 is 23.3 Å². The molecule has 1 heterocycles. The summed E-state index contributed by atoms with van der Waals surface area (Å²) in [5.41, 5.74) is 1.09. The Balaban J connectivity index is 2.84. The van der Waals surface area contributed by atoms with Crippen LogP contribution in [0.3, 0.4) is 0 Å². The Morgan fingerprint density at radius 2 is 2.67 bits per heavy atom. The summed E-state index contributed by atoms with van der Waals surface area (Å²) in [4.78, 5) is 0. The van der Waals surface area contributed by atoms with Gasteiger partial charge in [-0.15, -0.1) is 0 Å². The number of nitrogens with zero attached hydrogens (tertiary/aromatic N) is 2. The molecule has 0 aromatic carbocycles. The Morgan fingerprint density at radius 3 is 3.11 bits per heavy atom. The Bertz CT molecular complexity index is 235. The van der Waals surface area contributed by atoms with Crippen molar-refractivity contribution in [2.75, 3.05) is 0 Å². The predicted molar refractivity (Wildman–Crippen MR) is 38.3 cm³/mol. The molecule has 2 nitrogen and oxygen atoms in total. The number of thioether (sulfide) groups is 1. The van der Waals surface area contributed by atoms with Crippen molar-refractivity contribution in [3.8, 4) is 5.40 Å². The molecule has 0 bridgehead atoms. The van der Waals surface area contributed by atoms with Gasteiger partial charge in [-0.2, -0.15) is 9.64 Å². The van der Waals surface area contributed by atoms with Crippen LogP contribution in [0.15, 0.2) is 10.4 Å². The topological polar surface area (TPSA) is 36.7 Å². The Labute approximate surface area is 61.7 Å². The lowest BCUT2D eigenvalue weighted by molar-refractivity contribution is 1.39. The summed E-state index contributed by atoms with van der Waals surface area (Å²) in [6, 6.07) is 0. The van der Waals surface area contributed by atoms with Crippen molar-refractivity contribution in [2.45, 2.75) is 11.1 Å². The van der Waals surface area contributed by atoms with Crippen LogP contribution < -0.4 is 0 Å². The van der Waals surface area contributed by atoms with Gasteiger partial charge in [0.05, 0.1) is 4.21 Å². The fraction of sp³-hybridized carbons (Fsp3) is 0.200. The lowest BCUT2D eigenvalue weighted by Crippen LogP contribution is -1.61. The van der Waals surface area contributed by atoms with Crippen LogP contribution in [0, 0.1) is 17.6 Å². The van der Waals surface area contributed by atoms with Crippen molar-refractivity contribution in [3.63, 3.8) is 0 Å². The Kier molecular flexibility index (Phi) is 2.09. The zero-order valence-corrected chi connectivity index (χ0v) is 6.42. The molecule has 0 amide bonds. The lowest BCUT2D eigenvalue weighted by Gasteiger charge is -1.82. The van der Waals surface area contributed by atoms with Gasteiger partial charge in [0.15, 0.2) is 0 Å². The SMILES string of the molecule is Cc1cnsc1SC#N. The average molecular weight is 156 g/mol. The molecular formula is C5H4N2S2. The molecule has 0 spiro atoms. The molecule has 1 aromatic heterocycles. The van der Waals surface area contributed by atoms with Gasteiger partial charge in [-0.05, 0) is 24.0 Å². The van der Waals surface area contributed by atoms with Crippen molar-refractivity contribution in [1.82, 2.24) is 4.37 Å². The summed E-state index contributed by atoms with van der Waals surface area (Å²) in [7, 11) is 0. The molecule has 0 fully saturated rings. The van der Waals surface area contributed by atoms with Crippen molar-refractivity contribution in [1.29, 1.82) is 5.26 Å². The number of rotatable bonds is 1. The highest BCUT2D eigenvalue weighted by Crippen LogP contribution is 2.24. The summed E-state index contributed by atoms with van der Waals surface area (Å²) >= 11 is 2.53. The van der Waals surface area contributed by atoms with E-state index in [4.69, 9.17) is 5.26 Å². The normalized spacial score (nSPS) is 8.89. The van der Waals surface area contributed by atoms with Gasteiger partial charge in [0.1, 0.15) is 5.40 Å². The van der Waals surface area contributed by atoms with E-state index in [0.717, 1.165) is 9.77 Å². The van der Waals surface area contributed by atoms with E-state index < -0.39 is 0 Å². The maximum atomic E-state index is 8.25. The largest absolute Gasteiger partial charge is 0.200 e. The van der Waals surface area contributed by atoms with Crippen molar-refractivity contribution in [3.05, 3.63) is 11.8 Å². The van der Waals surface area contributed by atoms with Gasteiger partial charge in [-0.1, -0.05) is 0 Å². The first-order valence-electron chi connectivity index (χ1n) is 2.32. The minimum absolute atomic E-state index is 0.998. The monoisotopic (exact) mass is 156 g/mol. The quantitative estimate of drug-likeness (QED) is 0.461. The molecule has 46 valence electrons. The first-order valence-corrected chi connectivity index (χ1v) is 3.91. The third-order valence-electron chi connectivity index (χ3n) is 0.842. The van der Waals surface area contributed by atoms with Gasteiger partial charge >= 0.3 is 0 Å². The average Bonchev–Trinajstić information content (AvgIpc) is 2.18. The maximum Gasteiger partial charge on any atom is 0.139 e. The summed E-state index contributed by atoms with van der Waals surface area (Å²) in [5.74, 6) is 0.